The molecule has 3 aromatic rings. The molecule has 3 N–H and O–H groups in total. The quantitative estimate of drug-likeness (QED) is 0.548. The molecule has 0 spiro atoms. The van der Waals surface area contributed by atoms with Gasteiger partial charge in [-0.25, -0.2) is 15.0 Å². The van der Waals surface area contributed by atoms with Crippen molar-refractivity contribution in [3.63, 3.8) is 0 Å². The molecule has 1 saturated heterocycles. The third-order valence-electron chi connectivity index (χ3n) is 6.23. The van der Waals surface area contributed by atoms with Crippen LogP contribution in [0.2, 0.25) is 0 Å². The highest BCUT2D eigenvalue weighted by atomic mass is 16.2. The summed E-state index contributed by atoms with van der Waals surface area (Å²) in [4.78, 5) is 44.1. The van der Waals surface area contributed by atoms with E-state index in [1.165, 1.54) is 12.4 Å². The zero-order valence-electron chi connectivity index (χ0n) is 20.5. The zero-order valence-corrected chi connectivity index (χ0v) is 20.5. The van der Waals surface area contributed by atoms with Crippen LogP contribution < -0.4 is 16.0 Å². The van der Waals surface area contributed by atoms with E-state index in [1.807, 2.05) is 12.1 Å². The smallest absolute Gasteiger partial charge is 0.273 e. The van der Waals surface area contributed by atoms with E-state index in [-0.39, 0.29) is 29.9 Å². The summed E-state index contributed by atoms with van der Waals surface area (Å²) < 4.78 is 0. The Bertz CT molecular complexity index is 1230. The van der Waals surface area contributed by atoms with Crippen LogP contribution in [0.15, 0.2) is 36.7 Å². The summed E-state index contributed by atoms with van der Waals surface area (Å²) >= 11 is 0. The van der Waals surface area contributed by atoms with Crippen molar-refractivity contribution in [3.05, 3.63) is 53.5 Å². The molecule has 4 rings (SSSR count). The fraction of sp³-hybridized carbons (Fsp3) is 0.400. The number of anilines is 2. The highest BCUT2D eigenvalue weighted by Gasteiger charge is 2.22. The van der Waals surface area contributed by atoms with Crippen LogP contribution in [-0.2, 0) is 11.3 Å². The predicted molar refractivity (Wildman–Crippen MR) is 136 cm³/mol. The maximum absolute atomic E-state index is 12.7. The van der Waals surface area contributed by atoms with Crippen LogP contribution in [0.25, 0.3) is 10.9 Å². The molecule has 0 atom stereocenters. The molecule has 0 saturated carbocycles. The molecule has 35 heavy (non-hydrogen) atoms. The van der Waals surface area contributed by atoms with Crippen LogP contribution >= 0.6 is 0 Å². The van der Waals surface area contributed by atoms with Gasteiger partial charge >= 0.3 is 0 Å². The topological polar surface area (TPSA) is 121 Å². The molecule has 2 aromatic heterocycles. The molecule has 10 heteroatoms. The average Bonchev–Trinajstić information content (AvgIpc) is 3.08. The monoisotopic (exact) mass is 476 g/mol. The molecular weight excluding hydrogens is 444 g/mol. The molecule has 1 fully saturated rings. The summed E-state index contributed by atoms with van der Waals surface area (Å²) in [5, 5.41) is 3.95. The summed E-state index contributed by atoms with van der Waals surface area (Å²) in [5.41, 5.74) is 8.89. The van der Waals surface area contributed by atoms with Crippen molar-refractivity contribution in [1.82, 2.24) is 30.1 Å². The molecule has 2 amide bonds. The van der Waals surface area contributed by atoms with E-state index >= 15 is 0 Å². The van der Waals surface area contributed by atoms with Crippen LogP contribution in [0.1, 0.15) is 28.0 Å². The molecule has 10 nitrogen and oxygen atoms in total. The number of rotatable bonds is 6. The number of nitrogens with one attached hydrogen (secondary N) is 1. The molecular formula is C25H32N8O2. The molecule has 0 radical (unpaired) electrons. The lowest BCUT2D eigenvalue weighted by molar-refractivity contribution is -0.129. The SMILES string of the molecule is Cc1cccc2cc(CNC(=O)c3nccnc3N)c(N3CCCN(CC(=O)N(C)C)CC3)nc12. The first kappa shape index (κ1) is 24.3. The molecule has 1 aromatic carbocycles. The van der Waals surface area contributed by atoms with Gasteiger partial charge in [0.05, 0.1) is 12.1 Å². The summed E-state index contributed by atoms with van der Waals surface area (Å²) in [7, 11) is 3.56. The van der Waals surface area contributed by atoms with Crippen LogP contribution in [0.3, 0.4) is 0 Å². The van der Waals surface area contributed by atoms with Gasteiger partial charge in [0.15, 0.2) is 11.5 Å². The summed E-state index contributed by atoms with van der Waals surface area (Å²) in [6.07, 6.45) is 3.81. The Morgan fingerprint density at radius 3 is 2.69 bits per heavy atom. The molecule has 0 bridgehead atoms. The first-order valence-corrected chi connectivity index (χ1v) is 11.7. The Morgan fingerprint density at radius 1 is 1.11 bits per heavy atom. The van der Waals surface area contributed by atoms with Gasteiger partial charge in [-0.2, -0.15) is 0 Å². The lowest BCUT2D eigenvalue weighted by atomic mass is 10.1. The Kier molecular flexibility index (Phi) is 7.40. The van der Waals surface area contributed by atoms with Crippen molar-refractivity contribution in [3.8, 4) is 0 Å². The number of hydrogen-bond acceptors (Lipinski definition) is 8. The second-order valence-corrected chi connectivity index (χ2v) is 9.00. The van der Waals surface area contributed by atoms with Gasteiger partial charge in [0.25, 0.3) is 5.91 Å². The van der Waals surface area contributed by atoms with E-state index in [2.05, 4.69) is 44.1 Å². The second kappa shape index (κ2) is 10.6. The number of aromatic nitrogens is 3. The fourth-order valence-corrected chi connectivity index (χ4v) is 4.24. The number of likely N-dealkylation sites (N-methyl/N-ethyl adjacent to an activating group) is 1. The number of para-hydroxylation sites is 1. The number of nitrogens with two attached hydrogens (primary N) is 1. The molecule has 1 aliphatic heterocycles. The normalized spacial score (nSPS) is 14.5. The third-order valence-corrected chi connectivity index (χ3v) is 6.23. The highest BCUT2D eigenvalue weighted by Crippen LogP contribution is 2.27. The number of pyridine rings is 1. The lowest BCUT2D eigenvalue weighted by Crippen LogP contribution is -2.39. The maximum Gasteiger partial charge on any atom is 0.273 e. The van der Waals surface area contributed by atoms with Crippen LogP contribution in [0.4, 0.5) is 11.6 Å². The van der Waals surface area contributed by atoms with E-state index < -0.39 is 0 Å². The number of nitrogens with zero attached hydrogens (tertiary/aromatic N) is 6. The Labute approximate surface area is 205 Å². The lowest BCUT2D eigenvalue weighted by Gasteiger charge is -2.26. The van der Waals surface area contributed by atoms with E-state index in [0.717, 1.165) is 60.4 Å². The van der Waals surface area contributed by atoms with Crippen molar-refractivity contribution in [2.24, 2.45) is 0 Å². The molecule has 0 aliphatic carbocycles. The van der Waals surface area contributed by atoms with E-state index in [9.17, 15) is 9.59 Å². The van der Waals surface area contributed by atoms with Gasteiger partial charge in [0.2, 0.25) is 5.91 Å². The first-order chi connectivity index (χ1) is 16.8. The summed E-state index contributed by atoms with van der Waals surface area (Å²) in [5.74, 6) is 0.664. The van der Waals surface area contributed by atoms with Crippen molar-refractivity contribution in [2.45, 2.75) is 19.9 Å². The second-order valence-electron chi connectivity index (χ2n) is 9.00. The third kappa shape index (κ3) is 5.65. The molecule has 184 valence electrons. The van der Waals surface area contributed by atoms with E-state index in [0.29, 0.717) is 6.54 Å². The minimum absolute atomic E-state index is 0.0948. The Hall–Kier alpha value is -3.79. The predicted octanol–water partition coefficient (Wildman–Crippen LogP) is 1.45. The Balaban J connectivity index is 1.59. The largest absolute Gasteiger partial charge is 0.382 e. The van der Waals surface area contributed by atoms with Crippen LogP contribution in [0.5, 0.6) is 0 Å². The van der Waals surface area contributed by atoms with Gasteiger partial charge in [-0.05, 0) is 25.0 Å². The number of nitrogen functional groups attached to an aromatic ring is 1. The number of benzene rings is 1. The minimum Gasteiger partial charge on any atom is -0.382 e. The zero-order chi connectivity index (χ0) is 24.9. The standard InChI is InChI=1S/C25H32N8O2/c1-17-6-4-7-18-14-19(15-29-25(35)22-23(26)28-9-8-27-22)24(30-21(17)18)33-11-5-10-32(12-13-33)16-20(34)31(2)3/h4,6-9,14H,5,10-13,15-16H2,1-3H3,(H2,26,28)(H,29,35). The molecule has 3 heterocycles. The first-order valence-electron chi connectivity index (χ1n) is 11.7. The fourth-order valence-electron chi connectivity index (χ4n) is 4.24. The van der Waals surface area contributed by atoms with Gasteiger partial charge in [-0.1, -0.05) is 18.2 Å². The highest BCUT2D eigenvalue weighted by molar-refractivity contribution is 5.96. The minimum atomic E-state index is -0.380. The van der Waals surface area contributed by atoms with Crippen LogP contribution in [0, 0.1) is 6.92 Å². The number of carbonyl (C=O) groups is 2. The Morgan fingerprint density at radius 2 is 1.91 bits per heavy atom. The molecule has 1 aliphatic rings. The van der Waals surface area contributed by atoms with Crippen LogP contribution in [-0.4, -0.2) is 83.4 Å². The number of aryl methyl sites for hydroxylation is 1. The summed E-state index contributed by atoms with van der Waals surface area (Å²) in [6, 6.07) is 8.17. The van der Waals surface area contributed by atoms with Gasteiger partial charge in [-0.15, -0.1) is 0 Å². The van der Waals surface area contributed by atoms with Gasteiger partial charge in [-0.3, -0.25) is 14.5 Å². The summed E-state index contributed by atoms with van der Waals surface area (Å²) in [6.45, 7) is 5.90. The van der Waals surface area contributed by atoms with Gasteiger partial charge < -0.3 is 20.9 Å². The maximum atomic E-state index is 12.7. The van der Waals surface area contributed by atoms with E-state index in [4.69, 9.17) is 10.7 Å². The number of amides is 2. The number of carbonyl (C=O) groups excluding carboxylic acids is 2. The van der Waals surface area contributed by atoms with Gasteiger partial charge in [0, 0.05) is 70.2 Å². The van der Waals surface area contributed by atoms with Gasteiger partial charge in [0.1, 0.15) is 5.82 Å². The van der Waals surface area contributed by atoms with Crippen molar-refractivity contribution in [1.29, 1.82) is 0 Å². The number of fused-ring (bicyclic) bond motifs is 1. The van der Waals surface area contributed by atoms with Crippen molar-refractivity contribution < 1.29 is 9.59 Å². The van der Waals surface area contributed by atoms with E-state index in [1.54, 1.807) is 19.0 Å². The molecule has 0 unspecified atom stereocenters. The van der Waals surface area contributed by atoms with Crippen molar-refractivity contribution >= 4 is 34.4 Å². The number of hydrogen-bond donors (Lipinski definition) is 2. The average molecular weight is 477 g/mol. The van der Waals surface area contributed by atoms with Crippen molar-refractivity contribution in [2.75, 3.05) is 57.5 Å².